The van der Waals surface area contributed by atoms with Gasteiger partial charge >= 0.3 is 5.69 Å². The van der Waals surface area contributed by atoms with Gasteiger partial charge in [0.25, 0.3) is 11.5 Å². The first-order valence-electron chi connectivity index (χ1n) is 11.3. The number of amides is 2. The van der Waals surface area contributed by atoms with E-state index in [2.05, 4.69) is 4.98 Å². The average Bonchev–Trinajstić information content (AvgIpc) is 2.81. The molecular weight excluding hydrogens is 446 g/mol. The number of hydrogen-bond donors (Lipinski definition) is 2. The van der Waals surface area contributed by atoms with Crippen LogP contribution in [0.2, 0.25) is 5.02 Å². The van der Waals surface area contributed by atoms with Gasteiger partial charge in [0.05, 0.1) is 5.92 Å². The van der Waals surface area contributed by atoms with Crippen LogP contribution in [0.25, 0.3) is 0 Å². The van der Waals surface area contributed by atoms with Crippen molar-refractivity contribution in [3.05, 3.63) is 55.7 Å². The van der Waals surface area contributed by atoms with Gasteiger partial charge < -0.3 is 15.5 Å². The summed E-state index contributed by atoms with van der Waals surface area (Å²) < 4.78 is 1.30. The van der Waals surface area contributed by atoms with E-state index in [0.717, 1.165) is 6.42 Å². The summed E-state index contributed by atoms with van der Waals surface area (Å²) in [4.78, 5) is 56.5. The summed E-state index contributed by atoms with van der Waals surface area (Å²) in [6.45, 7) is 5.07. The SMILES string of the molecule is CCCCn1c(N)c(N(CC)C(=O)C2CCCN(C(=O)c3ccc(Cl)cc3)C2)c(=O)[nH]c1=O. The van der Waals surface area contributed by atoms with Crippen molar-refractivity contribution in [1.29, 1.82) is 0 Å². The van der Waals surface area contributed by atoms with Crippen molar-refractivity contribution in [2.75, 3.05) is 30.3 Å². The fourth-order valence-electron chi connectivity index (χ4n) is 4.16. The van der Waals surface area contributed by atoms with Crippen LogP contribution in [0, 0.1) is 5.92 Å². The molecule has 1 atom stereocenters. The van der Waals surface area contributed by atoms with E-state index in [1.165, 1.54) is 9.47 Å². The molecule has 33 heavy (non-hydrogen) atoms. The molecule has 1 aromatic carbocycles. The Morgan fingerprint density at radius 2 is 1.91 bits per heavy atom. The largest absolute Gasteiger partial charge is 0.383 e. The van der Waals surface area contributed by atoms with Crippen LogP contribution in [0.4, 0.5) is 11.5 Å². The monoisotopic (exact) mass is 475 g/mol. The second-order valence-electron chi connectivity index (χ2n) is 8.18. The molecule has 178 valence electrons. The number of likely N-dealkylation sites (tertiary alicyclic amines) is 1. The highest BCUT2D eigenvalue weighted by Crippen LogP contribution is 2.25. The van der Waals surface area contributed by atoms with E-state index < -0.39 is 17.2 Å². The Morgan fingerprint density at radius 3 is 2.55 bits per heavy atom. The van der Waals surface area contributed by atoms with Crippen LogP contribution in [0.15, 0.2) is 33.9 Å². The highest BCUT2D eigenvalue weighted by atomic mass is 35.5. The predicted molar refractivity (Wildman–Crippen MR) is 129 cm³/mol. The van der Waals surface area contributed by atoms with E-state index >= 15 is 0 Å². The minimum absolute atomic E-state index is 0.0145. The van der Waals surface area contributed by atoms with Crippen molar-refractivity contribution in [2.45, 2.75) is 46.1 Å². The minimum atomic E-state index is -0.689. The van der Waals surface area contributed by atoms with Crippen molar-refractivity contribution in [3.8, 4) is 0 Å². The third-order valence-electron chi connectivity index (χ3n) is 5.95. The molecule has 1 aliphatic rings. The number of benzene rings is 1. The number of piperidine rings is 1. The first kappa shape index (κ1) is 24.6. The number of aromatic amines is 1. The molecule has 1 saturated heterocycles. The summed E-state index contributed by atoms with van der Waals surface area (Å²) in [5, 5.41) is 0.542. The topological polar surface area (TPSA) is 121 Å². The van der Waals surface area contributed by atoms with Crippen LogP contribution >= 0.6 is 11.6 Å². The summed E-state index contributed by atoms with van der Waals surface area (Å²) in [5.74, 6) is -0.955. The van der Waals surface area contributed by atoms with Gasteiger partial charge in [-0.05, 0) is 50.5 Å². The van der Waals surface area contributed by atoms with Crippen LogP contribution in [-0.2, 0) is 11.3 Å². The van der Waals surface area contributed by atoms with E-state index in [1.54, 1.807) is 36.1 Å². The third kappa shape index (κ3) is 5.30. The lowest BCUT2D eigenvalue weighted by atomic mass is 9.95. The number of nitrogen functional groups attached to an aromatic ring is 1. The second kappa shape index (κ2) is 10.7. The fraction of sp³-hybridized carbons (Fsp3) is 0.478. The third-order valence-corrected chi connectivity index (χ3v) is 6.20. The molecule has 0 bridgehead atoms. The molecule has 3 N–H and O–H groups in total. The lowest BCUT2D eigenvalue weighted by Gasteiger charge is -2.35. The van der Waals surface area contributed by atoms with Crippen molar-refractivity contribution in [1.82, 2.24) is 14.5 Å². The summed E-state index contributed by atoms with van der Waals surface area (Å²) in [6.07, 6.45) is 2.80. The van der Waals surface area contributed by atoms with E-state index in [9.17, 15) is 19.2 Å². The number of aromatic nitrogens is 2. The normalized spacial score (nSPS) is 16.0. The molecule has 0 saturated carbocycles. The lowest BCUT2D eigenvalue weighted by molar-refractivity contribution is -0.123. The molecule has 2 heterocycles. The van der Waals surface area contributed by atoms with Crippen LogP contribution in [0.3, 0.4) is 0 Å². The predicted octanol–water partition coefficient (Wildman–Crippen LogP) is 2.48. The number of anilines is 2. The molecule has 2 amide bonds. The maximum Gasteiger partial charge on any atom is 0.330 e. The van der Waals surface area contributed by atoms with Crippen molar-refractivity contribution in [3.63, 3.8) is 0 Å². The molecule has 0 radical (unpaired) electrons. The standard InChI is InChI=1S/C23H30ClN5O4/c1-3-5-13-29-19(25)18(20(30)26-23(29)33)28(4-2)22(32)16-7-6-12-27(14-16)21(31)15-8-10-17(24)11-9-15/h8-11,16H,3-7,12-14,25H2,1-2H3,(H,26,30,33). The van der Waals surface area contributed by atoms with Crippen molar-refractivity contribution < 1.29 is 9.59 Å². The van der Waals surface area contributed by atoms with Gasteiger partial charge in [0.15, 0.2) is 5.69 Å². The molecule has 1 aliphatic heterocycles. The number of halogens is 1. The number of carbonyl (C=O) groups is 2. The van der Waals surface area contributed by atoms with Crippen LogP contribution in [0.1, 0.15) is 49.9 Å². The Kier molecular flexibility index (Phi) is 7.97. The first-order chi connectivity index (χ1) is 15.8. The molecule has 1 aromatic heterocycles. The number of nitrogens with one attached hydrogen (secondary N) is 1. The first-order valence-corrected chi connectivity index (χ1v) is 11.6. The minimum Gasteiger partial charge on any atom is -0.383 e. The smallest absolute Gasteiger partial charge is 0.330 e. The van der Waals surface area contributed by atoms with Gasteiger partial charge in [0, 0.05) is 36.8 Å². The molecule has 3 rings (SSSR count). The fourth-order valence-corrected chi connectivity index (χ4v) is 4.29. The average molecular weight is 476 g/mol. The highest BCUT2D eigenvalue weighted by molar-refractivity contribution is 6.30. The summed E-state index contributed by atoms with van der Waals surface area (Å²) >= 11 is 5.92. The number of unbranched alkanes of at least 4 members (excludes halogenated alkanes) is 1. The van der Waals surface area contributed by atoms with Gasteiger partial charge in [-0.25, -0.2) is 4.79 Å². The van der Waals surface area contributed by atoms with E-state index in [-0.39, 0.29) is 36.4 Å². The maximum atomic E-state index is 13.5. The summed E-state index contributed by atoms with van der Waals surface area (Å²) in [7, 11) is 0. The zero-order valence-electron chi connectivity index (χ0n) is 19.0. The molecule has 1 unspecified atom stereocenters. The van der Waals surface area contributed by atoms with Crippen molar-refractivity contribution in [2.24, 2.45) is 5.92 Å². The molecule has 1 fully saturated rings. The molecule has 0 aliphatic carbocycles. The number of rotatable bonds is 7. The molecule has 10 heteroatoms. The quantitative estimate of drug-likeness (QED) is 0.637. The van der Waals surface area contributed by atoms with Gasteiger partial charge in [0.1, 0.15) is 5.82 Å². The van der Waals surface area contributed by atoms with Gasteiger partial charge in [-0.1, -0.05) is 24.9 Å². The second-order valence-corrected chi connectivity index (χ2v) is 8.61. The maximum absolute atomic E-state index is 13.5. The molecule has 9 nitrogen and oxygen atoms in total. The van der Waals surface area contributed by atoms with Gasteiger partial charge in [-0.2, -0.15) is 0 Å². The lowest BCUT2D eigenvalue weighted by Crippen LogP contribution is -2.49. The Hall–Kier alpha value is -3.07. The van der Waals surface area contributed by atoms with Crippen LogP contribution in [-0.4, -0.2) is 45.9 Å². The number of H-pyrrole nitrogens is 1. The zero-order valence-corrected chi connectivity index (χ0v) is 19.7. The number of nitrogens with zero attached hydrogens (tertiary/aromatic N) is 3. The molecule has 2 aromatic rings. The Morgan fingerprint density at radius 1 is 1.21 bits per heavy atom. The van der Waals surface area contributed by atoms with Crippen molar-refractivity contribution >= 4 is 34.9 Å². The molecule has 0 spiro atoms. The van der Waals surface area contributed by atoms with Crippen LogP contribution in [0.5, 0.6) is 0 Å². The van der Waals surface area contributed by atoms with Gasteiger partial charge in [0.2, 0.25) is 5.91 Å². The zero-order chi connectivity index (χ0) is 24.1. The Labute approximate surface area is 197 Å². The summed E-state index contributed by atoms with van der Waals surface area (Å²) in [5.41, 5.74) is 5.42. The van der Waals surface area contributed by atoms with Crippen LogP contribution < -0.4 is 21.9 Å². The van der Waals surface area contributed by atoms with Gasteiger partial charge in [-0.15, -0.1) is 0 Å². The van der Waals surface area contributed by atoms with E-state index in [0.29, 0.717) is 42.9 Å². The Balaban J connectivity index is 1.86. The highest BCUT2D eigenvalue weighted by Gasteiger charge is 2.33. The number of hydrogen-bond acceptors (Lipinski definition) is 5. The Bertz CT molecular complexity index is 1130. The van der Waals surface area contributed by atoms with E-state index in [1.807, 2.05) is 6.92 Å². The summed E-state index contributed by atoms with van der Waals surface area (Å²) in [6, 6.07) is 6.63. The van der Waals surface area contributed by atoms with E-state index in [4.69, 9.17) is 17.3 Å². The number of nitrogens with two attached hydrogens (primary N) is 1. The van der Waals surface area contributed by atoms with Gasteiger partial charge in [-0.3, -0.25) is 23.9 Å². The molecular formula is C23H30ClN5O4. The number of carbonyl (C=O) groups excluding carboxylic acids is 2.